The van der Waals surface area contributed by atoms with E-state index in [0.29, 0.717) is 12.1 Å². The predicted molar refractivity (Wildman–Crippen MR) is 82.7 cm³/mol. The first-order chi connectivity index (χ1) is 10.3. The molecule has 1 aliphatic rings. The first kappa shape index (κ1) is 13.3. The number of ether oxygens (including phenoxy) is 1. The van der Waals surface area contributed by atoms with Gasteiger partial charge in [-0.2, -0.15) is 0 Å². The van der Waals surface area contributed by atoms with Crippen molar-refractivity contribution in [3.05, 3.63) is 77.5 Å². The summed E-state index contributed by atoms with van der Waals surface area (Å²) >= 11 is 0. The molecule has 0 bridgehead atoms. The smallest absolute Gasteiger partial charge is 0.357 e. The van der Waals surface area contributed by atoms with E-state index < -0.39 is 0 Å². The van der Waals surface area contributed by atoms with Crippen molar-refractivity contribution >= 4 is 17.8 Å². The van der Waals surface area contributed by atoms with Crippen LogP contribution in [0.15, 0.2) is 71.4 Å². The van der Waals surface area contributed by atoms with Crippen LogP contribution < -0.4 is 0 Å². The highest BCUT2D eigenvalue weighted by Gasteiger charge is 2.20. The number of rotatable bonds is 4. The third-order valence-corrected chi connectivity index (χ3v) is 3.33. The number of benzene rings is 2. The van der Waals surface area contributed by atoms with Crippen molar-refractivity contribution in [2.24, 2.45) is 4.99 Å². The van der Waals surface area contributed by atoms with Gasteiger partial charge in [0.15, 0.2) is 5.70 Å². The van der Waals surface area contributed by atoms with Gasteiger partial charge in [0.2, 0.25) is 0 Å². The molecule has 0 aromatic heterocycles. The van der Waals surface area contributed by atoms with E-state index in [-0.39, 0.29) is 12.6 Å². The van der Waals surface area contributed by atoms with Gasteiger partial charge in [0, 0.05) is 12.6 Å². The Balaban J connectivity index is 1.75. The summed E-state index contributed by atoms with van der Waals surface area (Å²) < 4.78 is 5.35. The molecule has 21 heavy (non-hydrogen) atoms. The van der Waals surface area contributed by atoms with Gasteiger partial charge in [0.05, 0.1) is 0 Å². The number of carbonyl (C=O) groups excluding carboxylic acids is 1. The Bertz CT molecular complexity index is 688. The van der Waals surface area contributed by atoms with Gasteiger partial charge in [-0.3, -0.25) is 4.99 Å². The fourth-order valence-electron chi connectivity index (χ4n) is 2.26. The molecule has 0 aliphatic carbocycles. The molecule has 0 unspecified atom stereocenters. The molecule has 0 spiro atoms. The lowest BCUT2D eigenvalue weighted by Crippen LogP contribution is -2.07. The maximum absolute atomic E-state index is 12.2. The average molecular weight is 277 g/mol. The van der Waals surface area contributed by atoms with E-state index in [4.69, 9.17) is 4.74 Å². The zero-order chi connectivity index (χ0) is 14.5. The number of nitrogens with zero attached hydrogens (tertiary/aromatic N) is 1. The lowest BCUT2D eigenvalue weighted by molar-refractivity contribution is -0.140. The van der Waals surface area contributed by atoms with Crippen LogP contribution in [-0.4, -0.2) is 12.2 Å². The molecular formula is C18H15NO2. The van der Waals surface area contributed by atoms with Gasteiger partial charge in [-0.25, -0.2) is 4.79 Å². The maximum atomic E-state index is 12.2. The van der Waals surface area contributed by atoms with Crippen molar-refractivity contribution in [2.75, 3.05) is 0 Å². The van der Waals surface area contributed by atoms with Crippen LogP contribution in [0.1, 0.15) is 17.5 Å². The van der Waals surface area contributed by atoms with Gasteiger partial charge < -0.3 is 4.74 Å². The molecule has 0 N–H and O–H groups in total. The molecule has 0 amide bonds. The summed E-state index contributed by atoms with van der Waals surface area (Å²) in [6.45, 7) is 0.265. The van der Waals surface area contributed by atoms with Gasteiger partial charge in [-0.05, 0) is 16.7 Å². The third kappa shape index (κ3) is 3.08. The normalized spacial score (nSPS) is 13.5. The minimum atomic E-state index is -0.369. The Morgan fingerprint density at radius 3 is 2.38 bits per heavy atom. The van der Waals surface area contributed by atoms with Crippen molar-refractivity contribution in [1.82, 2.24) is 0 Å². The Hall–Kier alpha value is -2.68. The molecule has 3 nitrogen and oxygen atoms in total. The van der Waals surface area contributed by atoms with Gasteiger partial charge in [-0.1, -0.05) is 60.7 Å². The Kier molecular flexibility index (Phi) is 3.92. The lowest BCUT2D eigenvalue weighted by Gasteiger charge is -2.07. The lowest BCUT2D eigenvalue weighted by atomic mass is 10.0. The third-order valence-electron chi connectivity index (χ3n) is 3.33. The van der Waals surface area contributed by atoms with E-state index in [2.05, 4.69) is 4.99 Å². The molecule has 0 atom stereocenters. The molecule has 3 rings (SSSR count). The largest absolute Gasteiger partial charge is 0.456 e. The topological polar surface area (TPSA) is 38.7 Å². The number of hydrogen-bond acceptors (Lipinski definition) is 3. The van der Waals surface area contributed by atoms with Crippen molar-refractivity contribution in [3.63, 3.8) is 0 Å². The van der Waals surface area contributed by atoms with Crippen LogP contribution in [0, 0.1) is 0 Å². The van der Waals surface area contributed by atoms with E-state index in [1.54, 1.807) is 6.21 Å². The van der Waals surface area contributed by atoms with E-state index >= 15 is 0 Å². The molecular weight excluding hydrogens is 262 g/mol. The molecule has 1 heterocycles. The molecule has 3 heteroatoms. The van der Waals surface area contributed by atoms with Crippen molar-refractivity contribution in [2.45, 2.75) is 13.0 Å². The van der Waals surface area contributed by atoms with E-state index in [0.717, 1.165) is 16.7 Å². The van der Waals surface area contributed by atoms with Crippen LogP contribution in [0.5, 0.6) is 0 Å². The minimum Gasteiger partial charge on any atom is -0.456 e. The van der Waals surface area contributed by atoms with Crippen LogP contribution in [0.25, 0.3) is 5.57 Å². The summed E-state index contributed by atoms with van der Waals surface area (Å²) in [6.07, 6.45) is 2.42. The fraction of sp³-hybridized carbons (Fsp3) is 0.111. The quantitative estimate of drug-likeness (QED) is 0.801. The van der Waals surface area contributed by atoms with E-state index in [1.165, 1.54) is 0 Å². The second-order valence-electron chi connectivity index (χ2n) is 4.77. The standard InChI is InChI=1S/C18H15NO2/c20-18(21-13-14-7-3-1-4-8-14)17-16(11-12-19-17)15-9-5-2-6-10-15/h1-10,12H,11,13H2. The molecule has 2 aromatic rings. The van der Waals surface area contributed by atoms with Crippen LogP contribution >= 0.6 is 0 Å². The van der Waals surface area contributed by atoms with Crippen molar-refractivity contribution < 1.29 is 9.53 Å². The van der Waals surface area contributed by atoms with E-state index in [9.17, 15) is 4.79 Å². The van der Waals surface area contributed by atoms with Gasteiger partial charge in [-0.15, -0.1) is 0 Å². The first-order valence-electron chi connectivity index (χ1n) is 6.87. The van der Waals surface area contributed by atoms with Crippen LogP contribution in [0.3, 0.4) is 0 Å². The van der Waals surface area contributed by atoms with Crippen molar-refractivity contribution in [3.8, 4) is 0 Å². The first-order valence-corrected chi connectivity index (χ1v) is 6.87. The monoisotopic (exact) mass is 277 g/mol. The number of aliphatic imine (C=N–C) groups is 1. The molecule has 0 saturated carbocycles. The Labute approximate surface area is 123 Å². The summed E-state index contributed by atoms with van der Waals surface area (Å²) in [6, 6.07) is 19.5. The summed E-state index contributed by atoms with van der Waals surface area (Å²) in [4.78, 5) is 16.4. The second-order valence-corrected chi connectivity index (χ2v) is 4.77. The molecule has 0 saturated heterocycles. The Morgan fingerprint density at radius 1 is 1.00 bits per heavy atom. The highest BCUT2D eigenvalue weighted by molar-refractivity contribution is 6.04. The SMILES string of the molecule is O=C(OCc1ccccc1)C1=C(c2ccccc2)CC=N1. The van der Waals surface area contributed by atoms with Gasteiger partial charge >= 0.3 is 5.97 Å². The summed E-state index contributed by atoms with van der Waals surface area (Å²) in [5.74, 6) is -0.369. The summed E-state index contributed by atoms with van der Waals surface area (Å²) in [5.41, 5.74) is 3.32. The van der Waals surface area contributed by atoms with Crippen LogP contribution in [-0.2, 0) is 16.1 Å². The second kappa shape index (κ2) is 6.18. The molecule has 0 fully saturated rings. The number of carbonyl (C=O) groups is 1. The Morgan fingerprint density at radius 2 is 1.67 bits per heavy atom. The average Bonchev–Trinajstić information content (AvgIpc) is 3.04. The molecule has 104 valence electrons. The van der Waals surface area contributed by atoms with Crippen LogP contribution in [0.2, 0.25) is 0 Å². The number of esters is 1. The number of hydrogen-bond donors (Lipinski definition) is 0. The fourth-order valence-corrected chi connectivity index (χ4v) is 2.26. The highest BCUT2D eigenvalue weighted by Crippen LogP contribution is 2.27. The summed E-state index contributed by atoms with van der Waals surface area (Å²) in [7, 11) is 0. The van der Waals surface area contributed by atoms with Gasteiger partial charge in [0.25, 0.3) is 0 Å². The highest BCUT2D eigenvalue weighted by atomic mass is 16.5. The number of allylic oxidation sites excluding steroid dienone is 1. The van der Waals surface area contributed by atoms with Gasteiger partial charge in [0.1, 0.15) is 6.61 Å². The maximum Gasteiger partial charge on any atom is 0.357 e. The molecule has 0 radical (unpaired) electrons. The zero-order valence-electron chi connectivity index (χ0n) is 11.5. The molecule has 1 aliphatic heterocycles. The summed E-state index contributed by atoms with van der Waals surface area (Å²) in [5, 5.41) is 0. The van der Waals surface area contributed by atoms with Crippen molar-refractivity contribution in [1.29, 1.82) is 0 Å². The van der Waals surface area contributed by atoms with E-state index in [1.807, 2.05) is 60.7 Å². The predicted octanol–water partition coefficient (Wildman–Crippen LogP) is 3.62. The minimum absolute atomic E-state index is 0.265. The van der Waals surface area contributed by atoms with Crippen LogP contribution in [0.4, 0.5) is 0 Å². The molecule has 2 aromatic carbocycles. The zero-order valence-corrected chi connectivity index (χ0v) is 11.5.